The van der Waals surface area contributed by atoms with Crippen molar-refractivity contribution >= 4 is 106 Å². The van der Waals surface area contributed by atoms with Gasteiger partial charge in [-0.05, 0) is 78.1 Å². The number of carbonyl (C=O) groups excluding carboxylic acids is 1. The van der Waals surface area contributed by atoms with Crippen molar-refractivity contribution in [2.45, 2.75) is 13.8 Å². The molecule has 2 aromatic carbocycles. The third-order valence-corrected chi connectivity index (χ3v) is 5.46. The number of benzene rings is 2. The van der Waals surface area contributed by atoms with Crippen LogP contribution in [0.1, 0.15) is 34.0 Å². The SMILES string of the molecule is CC1=CC(=C(c2cc(C)c(O)c(C(=O)O)c2)c2c(Cl)cccc2Cl)C=C(C(=O)O)C1=O.[Na].[Na]. The molecule has 2 radical (unpaired) electrons. The van der Waals surface area contributed by atoms with Crippen molar-refractivity contribution in [1.82, 2.24) is 0 Å². The first-order valence-electron chi connectivity index (χ1n) is 8.96. The Labute approximate surface area is 244 Å². The number of allylic oxidation sites excluding steroid dienone is 4. The van der Waals surface area contributed by atoms with Crippen molar-refractivity contribution < 1.29 is 29.7 Å². The van der Waals surface area contributed by atoms with E-state index in [9.17, 15) is 29.7 Å². The number of halogens is 2. The molecule has 0 amide bonds. The molecule has 0 heterocycles. The van der Waals surface area contributed by atoms with Crippen LogP contribution in [0, 0.1) is 6.92 Å². The van der Waals surface area contributed by atoms with Crippen molar-refractivity contribution in [3.05, 3.63) is 91.5 Å². The molecule has 33 heavy (non-hydrogen) atoms. The van der Waals surface area contributed by atoms with Crippen molar-refractivity contribution in [2.24, 2.45) is 0 Å². The van der Waals surface area contributed by atoms with Gasteiger partial charge in [0.15, 0.2) is 5.78 Å². The number of aromatic hydroxyl groups is 1. The van der Waals surface area contributed by atoms with Gasteiger partial charge in [0.2, 0.25) is 0 Å². The van der Waals surface area contributed by atoms with Gasteiger partial charge in [-0.1, -0.05) is 29.3 Å². The molecule has 0 spiro atoms. The van der Waals surface area contributed by atoms with Gasteiger partial charge in [0.25, 0.3) is 0 Å². The number of carbonyl (C=O) groups is 3. The molecule has 3 N–H and O–H groups in total. The molecule has 0 saturated carbocycles. The zero-order chi connectivity index (χ0) is 23.0. The van der Waals surface area contributed by atoms with E-state index in [4.69, 9.17) is 23.2 Å². The van der Waals surface area contributed by atoms with Crippen LogP contribution in [-0.4, -0.2) is 92.2 Å². The molecule has 10 heteroatoms. The number of phenols is 1. The summed E-state index contributed by atoms with van der Waals surface area (Å²) in [6.45, 7) is 3.01. The zero-order valence-corrected chi connectivity index (χ0v) is 23.9. The van der Waals surface area contributed by atoms with Crippen molar-refractivity contribution in [1.29, 1.82) is 0 Å². The monoisotopic (exact) mass is 504 g/mol. The Kier molecular flexibility index (Phi) is 10.7. The van der Waals surface area contributed by atoms with E-state index in [-0.39, 0.29) is 85.9 Å². The second-order valence-corrected chi connectivity index (χ2v) is 7.76. The van der Waals surface area contributed by atoms with Crippen LogP contribution in [0.15, 0.2) is 59.2 Å². The Hall–Kier alpha value is -1.35. The predicted octanol–water partition coefficient (Wildman–Crippen LogP) is 4.29. The average molecular weight is 505 g/mol. The van der Waals surface area contributed by atoms with Crippen LogP contribution in [0.2, 0.25) is 10.0 Å². The Morgan fingerprint density at radius 1 is 0.909 bits per heavy atom. The standard InChI is InChI=1S/C23H16Cl2O6.2Na/c1-10-6-12(8-14(20(10)26)22(28)29)18(19-16(24)4-3-5-17(19)25)13-7-11(2)21(27)15(9-13)23(30)31;;/h3-9,26H,1-2H3,(H,28,29)(H,30,31);;. The van der Waals surface area contributed by atoms with E-state index in [2.05, 4.69) is 0 Å². The maximum Gasteiger partial charge on any atom is 0.339 e. The summed E-state index contributed by atoms with van der Waals surface area (Å²) in [4.78, 5) is 35.6. The number of Topliss-reactive ketones (excluding diaryl/α,β-unsaturated/α-hetero) is 1. The van der Waals surface area contributed by atoms with E-state index in [1.54, 1.807) is 18.2 Å². The molecule has 2 aromatic rings. The number of ketones is 1. The summed E-state index contributed by atoms with van der Waals surface area (Å²) in [7, 11) is 0. The summed E-state index contributed by atoms with van der Waals surface area (Å²) in [6.07, 6.45) is 2.70. The van der Waals surface area contributed by atoms with Crippen LogP contribution in [0.25, 0.3) is 5.57 Å². The fourth-order valence-corrected chi connectivity index (χ4v) is 3.94. The van der Waals surface area contributed by atoms with Crippen LogP contribution < -0.4 is 0 Å². The molecular weight excluding hydrogens is 489 g/mol. The quantitative estimate of drug-likeness (QED) is 0.423. The van der Waals surface area contributed by atoms with Crippen molar-refractivity contribution in [3.8, 4) is 5.75 Å². The van der Waals surface area contributed by atoms with Gasteiger partial charge in [-0.15, -0.1) is 0 Å². The zero-order valence-electron chi connectivity index (χ0n) is 18.4. The van der Waals surface area contributed by atoms with E-state index >= 15 is 0 Å². The Balaban J connectivity index is 0.00000272. The maximum atomic E-state index is 12.3. The molecule has 0 bridgehead atoms. The van der Waals surface area contributed by atoms with Gasteiger partial charge in [-0.3, -0.25) is 4.79 Å². The number of aryl methyl sites for hydroxylation is 1. The fraction of sp³-hybridized carbons (Fsp3) is 0.0870. The molecule has 0 aromatic heterocycles. The summed E-state index contributed by atoms with van der Waals surface area (Å²) in [5.74, 6) is -3.76. The number of carboxylic acids is 2. The van der Waals surface area contributed by atoms with Crippen LogP contribution in [0.4, 0.5) is 0 Å². The topological polar surface area (TPSA) is 112 Å². The van der Waals surface area contributed by atoms with Gasteiger partial charge in [-0.25, -0.2) is 9.59 Å². The van der Waals surface area contributed by atoms with E-state index in [1.165, 1.54) is 38.1 Å². The van der Waals surface area contributed by atoms with Crippen LogP contribution in [-0.2, 0) is 9.59 Å². The van der Waals surface area contributed by atoms with Crippen LogP contribution in [0.5, 0.6) is 5.75 Å². The predicted molar refractivity (Wildman–Crippen MR) is 128 cm³/mol. The first-order chi connectivity index (χ1) is 14.5. The summed E-state index contributed by atoms with van der Waals surface area (Å²) < 4.78 is 0. The van der Waals surface area contributed by atoms with Gasteiger partial charge in [0.1, 0.15) is 16.9 Å². The third-order valence-electron chi connectivity index (χ3n) is 4.83. The van der Waals surface area contributed by atoms with Gasteiger partial charge >= 0.3 is 11.9 Å². The number of carboxylic acid groups (broad SMARTS) is 2. The fourth-order valence-electron chi connectivity index (χ4n) is 3.36. The summed E-state index contributed by atoms with van der Waals surface area (Å²) in [5, 5.41) is 29.6. The molecule has 160 valence electrons. The van der Waals surface area contributed by atoms with Crippen molar-refractivity contribution in [3.63, 3.8) is 0 Å². The van der Waals surface area contributed by atoms with E-state index in [0.29, 0.717) is 22.3 Å². The van der Waals surface area contributed by atoms with E-state index in [0.717, 1.165) is 0 Å². The molecule has 0 unspecified atom stereocenters. The average Bonchev–Trinajstić information content (AvgIpc) is 2.68. The first-order valence-corrected chi connectivity index (χ1v) is 9.72. The molecule has 0 aliphatic heterocycles. The molecule has 0 atom stereocenters. The third kappa shape index (κ3) is 6.02. The van der Waals surface area contributed by atoms with Gasteiger partial charge in [-0.2, -0.15) is 0 Å². The summed E-state index contributed by atoms with van der Waals surface area (Å²) >= 11 is 12.8. The molecule has 3 rings (SSSR count). The first kappa shape index (κ1) is 29.7. The van der Waals surface area contributed by atoms with Crippen LogP contribution in [0.3, 0.4) is 0 Å². The Bertz CT molecular complexity index is 1240. The van der Waals surface area contributed by atoms with Gasteiger partial charge in [0.05, 0.1) is 0 Å². The normalized spacial score (nSPS) is 14.4. The molecular formula is C23H16Cl2Na2O6. The summed E-state index contributed by atoms with van der Waals surface area (Å²) in [6, 6.07) is 7.59. The smallest absolute Gasteiger partial charge is 0.339 e. The largest absolute Gasteiger partial charge is 0.507 e. The summed E-state index contributed by atoms with van der Waals surface area (Å²) in [5.41, 5.74) is 0.989. The Morgan fingerprint density at radius 3 is 2.00 bits per heavy atom. The van der Waals surface area contributed by atoms with E-state index < -0.39 is 29.0 Å². The number of hydrogen-bond acceptors (Lipinski definition) is 4. The molecule has 1 aliphatic rings. The minimum Gasteiger partial charge on any atom is -0.507 e. The number of aromatic carboxylic acids is 1. The minimum atomic E-state index is -1.40. The minimum absolute atomic E-state index is 0. The number of rotatable bonds is 4. The Morgan fingerprint density at radius 2 is 1.48 bits per heavy atom. The van der Waals surface area contributed by atoms with Crippen molar-refractivity contribution in [2.75, 3.05) is 0 Å². The number of hydrogen-bond donors (Lipinski definition) is 3. The van der Waals surface area contributed by atoms with Gasteiger partial charge in [0, 0.05) is 74.7 Å². The van der Waals surface area contributed by atoms with Crippen LogP contribution >= 0.6 is 23.2 Å². The molecule has 1 aliphatic carbocycles. The molecule has 0 fully saturated rings. The molecule has 0 saturated heterocycles. The van der Waals surface area contributed by atoms with E-state index in [1.807, 2.05) is 0 Å². The number of aliphatic carboxylic acids is 1. The van der Waals surface area contributed by atoms with Gasteiger partial charge < -0.3 is 15.3 Å². The second kappa shape index (κ2) is 11.9. The maximum absolute atomic E-state index is 12.3. The molecule has 6 nitrogen and oxygen atoms in total. The second-order valence-electron chi connectivity index (χ2n) is 6.94.